The minimum absolute atomic E-state index is 0.135. The summed E-state index contributed by atoms with van der Waals surface area (Å²) in [5.74, 6) is 1.32. The number of carbonyl (C=O) groups is 1. The molecule has 0 saturated carbocycles. The smallest absolute Gasteiger partial charge is 0.176 e. The summed E-state index contributed by atoms with van der Waals surface area (Å²) in [4.78, 5) is 11.9. The molecule has 2 nitrogen and oxygen atoms in total. The molecule has 0 bridgehead atoms. The SMILES string of the molecule is COc1cc(C)ccc1C(=O)CSC(C)C. The molecule has 88 valence electrons. The lowest BCUT2D eigenvalue weighted by molar-refractivity contribution is 0.101. The number of ketones is 1. The maximum atomic E-state index is 11.9. The molecule has 0 N–H and O–H groups in total. The van der Waals surface area contributed by atoms with Crippen LogP contribution in [0.2, 0.25) is 0 Å². The minimum Gasteiger partial charge on any atom is -0.496 e. The average molecular weight is 238 g/mol. The predicted octanol–water partition coefficient (Wildman–Crippen LogP) is 3.33. The predicted molar refractivity (Wildman–Crippen MR) is 69.7 cm³/mol. The van der Waals surface area contributed by atoms with Crippen molar-refractivity contribution in [1.29, 1.82) is 0 Å². The Morgan fingerprint density at radius 1 is 1.44 bits per heavy atom. The van der Waals surface area contributed by atoms with Gasteiger partial charge in [-0.1, -0.05) is 19.9 Å². The van der Waals surface area contributed by atoms with Crippen molar-refractivity contribution in [2.45, 2.75) is 26.0 Å². The molecule has 1 aromatic rings. The van der Waals surface area contributed by atoms with Gasteiger partial charge < -0.3 is 4.74 Å². The highest BCUT2D eigenvalue weighted by molar-refractivity contribution is 8.00. The Morgan fingerprint density at radius 2 is 2.12 bits per heavy atom. The number of hydrogen-bond donors (Lipinski definition) is 0. The molecule has 0 radical (unpaired) electrons. The first-order chi connectivity index (χ1) is 7.54. The van der Waals surface area contributed by atoms with Crippen molar-refractivity contribution in [2.24, 2.45) is 0 Å². The number of Topliss-reactive ketones (excluding diaryl/α,β-unsaturated/α-hetero) is 1. The van der Waals surface area contributed by atoms with Crippen molar-refractivity contribution < 1.29 is 9.53 Å². The van der Waals surface area contributed by atoms with E-state index in [1.54, 1.807) is 18.9 Å². The Labute approximate surface area is 101 Å². The maximum Gasteiger partial charge on any atom is 0.176 e. The molecule has 1 rings (SSSR count). The second kappa shape index (κ2) is 5.94. The molecule has 0 heterocycles. The Hall–Kier alpha value is -0.960. The van der Waals surface area contributed by atoms with Crippen molar-refractivity contribution in [3.8, 4) is 5.75 Å². The Bertz CT molecular complexity index is 372. The minimum atomic E-state index is 0.135. The van der Waals surface area contributed by atoms with E-state index in [1.165, 1.54) is 0 Å². The van der Waals surface area contributed by atoms with E-state index < -0.39 is 0 Å². The molecule has 0 fully saturated rings. The van der Waals surface area contributed by atoms with Crippen LogP contribution in [0.15, 0.2) is 18.2 Å². The van der Waals surface area contributed by atoms with Crippen molar-refractivity contribution >= 4 is 17.5 Å². The molecule has 0 saturated heterocycles. The first-order valence-electron chi connectivity index (χ1n) is 5.34. The molecule has 0 spiro atoms. The molecule has 0 aliphatic carbocycles. The topological polar surface area (TPSA) is 26.3 Å². The van der Waals surface area contributed by atoms with Gasteiger partial charge in [-0.2, -0.15) is 11.8 Å². The maximum absolute atomic E-state index is 11.9. The number of ether oxygens (including phenoxy) is 1. The fraction of sp³-hybridized carbons (Fsp3) is 0.462. The van der Waals surface area contributed by atoms with Crippen LogP contribution >= 0.6 is 11.8 Å². The van der Waals surface area contributed by atoms with Crippen LogP contribution < -0.4 is 4.74 Å². The summed E-state index contributed by atoms with van der Waals surface area (Å²) in [5, 5.41) is 0.473. The van der Waals surface area contributed by atoms with Gasteiger partial charge in [0.25, 0.3) is 0 Å². The third kappa shape index (κ3) is 3.56. The first kappa shape index (κ1) is 13.1. The second-order valence-electron chi connectivity index (χ2n) is 3.99. The average Bonchev–Trinajstić information content (AvgIpc) is 2.25. The molecule has 1 aromatic carbocycles. The number of carbonyl (C=O) groups excluding carboxylic acids is 1. The van der Waals surface area contributed by atoms with Crippen LogP contribution in [0.1, 0.15) is 29.8 Å². The normalized spacial score (nSPS) is 10.6. The summed E-state index contributed by atoms with van der Waals surface area (Å²) in [6.45, 7) is 6.16. The Morgan fingerprint density at radius 3 is 2.69 bits per heavy atom. The van der Waals surface area contributed by atoms with E-state index in [0.29, 0.717) is 22.3 Å². The van der Waals surface area contributed by atoms with E-state index in [2.05, 4.69) is 13.8 Å². The summed E-state index contributed by atoms with van der Waals surface area (Å²) in [6.07, 6.45) is 0. The van der Waals surface area contributed by atoms with Crippen molar-refractivity contribution in [1.82, 2.24) is 0 Å². The van der Waals surface area contributed by atoms with E-state index >= 15 is 0 Å². The van der Waals surface area contributed by atoms with E-state index in [9.17, 15) is 4.79 Å². The molecular formula is C13H18O2S. The van der Waals surface area contributed by atoms with Gasteiger partial charge in [0.1, 0.15) is 5.75 Å². The summed E-state index contributed by atoms with van der Waals surface area (Å²) >= 11 is 1.65. The highest BCUT2D eigenvalue weighted by Crippen LogP contribution is 2.22. The third-order valence-corrected chi connectivity index (χ3v) is 3.30. The van der Waals surface area contributed by atoms with Gasteiger partial charge in [-0.25, -0.2) is 0 Å². The third-order valence-electron chi connectivity index (χ3n) is 2.21. The zero-order valence-electron chi connectivity index (χ0n) is 10.2. The molecule has 0 unspecified atom stereocenters. The lowest BCUT2D eigenvalue weighted by Gasteiger charge is -2.09. The van der Waals surface area contributed by atoms with Gasteiger partial charge in [0.2, 0.25) is 0 Å². The van der Waals surface area contributed by atoms with E-state index in [-0.39, 0.29) is 5.78 Å². The molecule has 16 heavy (non-hydrogen) atoms. The molecule has 0 atom stereocenters. The molecule has 3 heteroatoms. The lowest BCUT2D eigenvalue weighted by Crippen LogP contribution is -2.07. The molecule has 0 aromatic heterocycles. The van der Waals surface area contributed by atoms with Crippen LogP contribution in [0.4, 0.5) is 0 Å². The second-order valence-corrected chi connectivity index (χ2v) is 5.55. The first-order valence-corrected chi connectivity index (χ1v) is 6.39. The largest absolute Gasteiger partial charge is 0.496 e. The summed E-state index contributed by atoms with van der Waals surface area (Å²) in [7, 11) is 1.60. The molecule has 0 aliphatic rings. The quantitative estimate of drug-likeness (QED) is 0.736. The zero-order chi connectivity index (χ0) is 12.1. The van der Waals surface area contributed by atoms with E-state index in [1.807, 2.05) is 25.1 Å². The van der Waals surface area contributed by atoms with Gasteiger partial charge in [0.05, 0.1) is 18.4 Å². The summed E-state index contributed by atoms with van der Waals surface area (Å²) in [5.41, 5.74) is 1.78. The standard InChI is InChI=1S/C13H18O2S/c1-9(2)16-8-12(14)11-6-5-10(3)7-13(11)15-4/h5-7,9H,8H2,1-4H3. The number of thioether (sulfide) groups is 1. The van der Waals surface area contributed by atoms with Gasteiger partial charge in [0, 0.05) is 0 Å². The van der Waals surface area contributed by atoms with E-state index in [0.717, 1.165) is 5.56 Å². The number of hydrogen-bond acceptors (Lipinski definition) is 3. The van der Waals surface area contributed by atoms with Crippen LogP contribution in [-0.2, 0) is 0 Å². The number of benzene rings is 1. The fourth-order valence-electron chi connectivity index (χ4n) is 1.35. The van der Waals surface area contributed by atoms with Gasteiger partial charge in [-0.15, -0.1) is 0 Å². The lowest BCUT2D eigenvalue weighted by atomic mass is 10.1. The number of aryl methyl sites for hydroxylation is 1. The Balaban J connectivity index is 2.82. The highest BCUT2D eigenvalue weighted by atomic mass is 32.2. The van der Waals surface area contributed by atoms with Crippen molar-refractivity contribution in [3.63, 3.8) is 0 Å². The van der Waals surface area contributed by atoms with Gasteiger partial charge >= 0.3 is 0 Å². The van der Waals surface area contributed by atoms with Crippen LogP contribution in [-0.4, -0.2) is 23.9 Å². The van der Waals surface area contributed by atoms with Crippen LogP contribution in [0.3, 0.4) is 0 Å². The van der Waals surface area contributed by atoms with Crippen LogP contribution in [0, 0.1) is 6.92 Å². The van der Waals surface area contributed by atoms with Gasteiger partial charge in [0.15, 0.2) is 5.78 Å². The fourth-order valence-corrected chi connectivity index (χ4v) is 1.99. The summed E-state index contributed by atoms with van der Waals surface area (Å²) in [6, 6.07) is 5.68. The van der Waals surface area contributed by atoms with Gasteiger partial charge in [-0.05, 0) is 29.9 Å². The number of rotatable bonds is 5. The van der Waals surface area contributed by atoms with Crippen LogP contribution in [0.25, 0.3) is 0 Å². The van der Waals surface area contributed by atoms with Crippen LogP contribution in [0.5, 0.6) is 5.75 Å². The van der Waals surface area contributed by atoms with Gasteiger partial charge in [-0.3, -0.25) is 4.79 Å². The molecule has 0 aliphatic heterocycles. The zero-order valence-corrected chi connectivity index (χ0v) is 11.1. The molecular weight excluding hydrogens is 220 g/mol. The Kier molecular flexibility index (Phi) is 4.87. The number of methoxy groups -OCH3 is 1. The van der Waals surface area contributed by atoms with Crippen molar-refractivity contribution in [3.05, 3.63) is 29.3 Å². The highest BCUT2D eigenvalue weighted by Gasteiger charge is 2.12. The monoisotopic (exact) mass is 238 g/mol. The molecule has 0 amide bonds. The summed E-state index contributed by atoms with van der Waals surface area (Å²) < 4.78 is 5.22. The van der Waals surface area contributed by atoms with E-state index in [4.69, 9.17) is 4.74 Å². The van der Waals surface area contributed by atoms with Crippen molar-refractivity contribution in [2.75, 3.05) is 12.9 Å².